The van der Waals surface area contributed by atoms with E-state index in [9.17, 15) is 13.2 Å². The average Bonchev–Trinajstić information content (AvgIpc) is 3.07. The van der Waals surface area contributed by atoms with E-state index in [1.54, 1.807) is 10.5 Å². The van der Waals surface area contributed by atoms with E-state index < -0.39 is 10.0 Å². The molecule has 10 heteroatoms. The number of fused-ring (bicyclic) bond motifs is 1. The van der Waals surface area contributed by atoms with E-state index in [1.807, 2.05) is 0 Å². The molecule has 0 aromatic carbocycles. The Balaban J connectivity index is 1.29. The van der Waals surface area contributed by atoms with Crippen molar-refractivity contribution < 1.29 is 13.2 Å². The van der Waals surface area contributed by atoms with Gasteiger partial charge in [-0.15, -0.1) is 10.2 Å². The Hall–Kier alpha value is -1.65. The first-order valence-corrected chi connectivity index (χ1v) is 12.9. The molecule has 162 valence electrons. The van der Waals surface area contributed by atoms with Crippen molar-refractivity contribution in [2.75, 3.05) is 19.8 Å². The Morgan fingerprint density at radius 2 is 1.80 bits per heavy atom. The number of hydrogen-bond donors (Lipinski definition) is 1. The number of thioether (sulfide) groups is 1. The van der Waals surface area contributed by atoms with E-state index >= 15 is 0 Å². The van der Waals surface area contributed by atoms with Crippen molar-refractivity contribution >= 4 is 33.3 Å². The second kappa shape index (κ2) is 7.20. The normalized spacial score (nSPS) is 30.3. The average molecular weight is 450 g/mol. The van der Waals surface area contributed by atoms with E-state index in [0.29, 0.717) is 10.8 Å². The monoisotopic (exact) mass is 449 g/mol. The fraction of sp³-hybridized carbons (Fsp3) is 0.650. The highest BCUT2D eigenvalue weighted by molar-refractivity contribution is 7.99. The van der Waals surface area contributed by atoms with Gasteiger partial charge in [0, 0.05) is 25.8 Å². The van der Waals surface area contributed by atoms with E-state index in [4.69, 9.17) is 0 Å². The number of nitrogens with zero attached hydrogens (tertiary/aromatic N) is 4. The molecule has 0 aliphatic heterocycles. The molecule has 2 heterocycles. The zero-order chi connectivity index (χ0) is 21.1. The maximum atomic E-state index is 12.8. The van der Waals surface area contributed by atoms with E-state index in [1.165, 1.54) is 61.7 Å². The van der Waals surface area contributed by atoms with Crippen LogP contribution < -0.4 is 5.32 Å². The van der Waals surface area contributed by atoms with Gasteiger partial charge in [-0.05, 0) is 68.4 Å². The van der Waals surface area contributed by atoms with Crippen molar-refractivity contribution in [1.29, 1.82) is 0 Å². The molecular formula is C20H27N5O3S2. The Morgan fingerprint density at radius 1 is 1.17 bits per heavy atom. The van der Waals surface area contributed by atoms with Crippen molar-refractivity contribution in [2.45, 2.75) is 54.1 Å². The molecule has 8 nitrogen and oxygen atoms in total. The molecule has 0 radical (unpaired) electrons. The van der Waals surface area contributed by atoms with Crippen LogP contribution in [-0.4, -0.2) is 58.6 Å². The molecule has 1 amide bonds. The molecule has 4 aliphatic carbocycles. The molecule has 0 unspecified atom stereocenters. The minimum absolute atomic E-state index is 0.00768. The van der Waals surface area contributed by atoms with Gasteiger partial charge in [0.2, 0.25) is 15.9 Å². The Morgan fingerprint density at radius 3 is 2.40 bits per heavy atom. The third-order valence-electron chi connectivity index (χ3n) is 6.90. The van der Waals surface area contributed by atoms with Gasteiger partial charge < -0.3 is 5.32 Å². The van der Waals surface area contributed by atoms with Gasteiger partial charge in [-0.2, -0.15) is 0 Å². The van der Waals surface area contributed by atoms with Crippen molar-refractivity contribution in [3.8, 4) is 0 Å². The molecule has 30 heavy (non-hydrogen) atoms. The fourth-order valence-corrected chi connectivity index (χ4v) is 7.65. The summed E-state index contributed by atoms with van der Waals surface area (Å²) >= 11 is 1.29. The van der Waals surface area contributed by atoms with Gasteiger partial charge in [-0.25, -0.2) is 12.7 Å². The third kappa shape index (κ3) is 3.52. The van der Waals surface area contributed by atoms with Crippen LogP contribution in [0.3, 0.4) is 0 Å². The lowest BCUT2D eigenvalue weighted by atomic mass is 9.53. The van der Waals surface area contributed by atoms with Gasteiger partial charge in [0.05, 0.1) is 10.6 Å². The summed E-state index contributed by atoms with van der Waals surface area (Å²) in [6.45, 7) is 0. The zero-order valence-electron chi connectivity index (χ0n) is 17.2. The van der Waals surface area contributed by atoms with E-state index in [2.05, 4.69) is 15.5 Å². The third-order valence-corrected chi connectivity index (χ3v) is 9.64. The molecule has 6 rings (SSSR count). The lowest BCUT2D eigenvalue weighted by molar-refractivity contribution is -0.124. The number of aromatic nitrogens is 3. The van der Waals surface area contributed by atoms with Gasteiger partial charge >= 0.3 is 0 Å². The predicted molar refractivity (Wildman–Crippen MR) is 114 cm³/mol. The van der Waals surface area contributed by atoms with Crippen LogP contribution in [0, 0.1) is 17.8 Å². The van der Waals surface area contributed by atoms with Crippen LogP contribution >= 0.6 is 11.8 Å². The van der Waals surface area contributed by atoms with Crippen molar-refractivity contribution in [3.63, 3.8) is 0 Å². The summed E-state index contributed by atoms with van der Waals surface area (Å²) in [5.41, 5.74) is 0.545. The second-order valence-electron chi connectivity index (χ2n) is 9.40. The number of rotatable bonds is 6. The first-order valence-electron chi connectivity index (χ1n) is 10.5. The molecule has 0 saturated heterocycles. The molecule has 2 aromatic heterocycles. The van der Waals surface area contributed by atoms with E-state index in [-0.39, 0.29) is 22.1 Å². The van der Waals surface area contributed by atoms with Crippen LogP contribution in [0.4, 0.5) is 0 Å². The summed E-state index contributed by atoms with van der Waals surface area (Å²) in [6.07, 6.45) is 8.90. The van der Waals surface area contributed by atoms with Crippen LogP contribution in [0.25, 0.3) is 5.65 Å². The Bertz CT molecular complexity index is 1060. The molecule has 0 spiro atoms. The highest BCUT2D eigenvalue weighted by Crippen LogP contribution is 2.55. The molecule has 4 saturated carbocycles. The van der Waals surface area contributed by atoms with Gasteiger partial charge in [0.15, 0.2) is 10.8 Å². The summed E-state index contributed by atoms with van der Waals surface area (Å²) in [7, 11) is -0.564. The first-order chi connectivity index (χ1) is 14.2. The van der Waals surface area contributed by atoms with Crippen molar-refractivity contribution in [3.05, 3.63) is 18.3 Å². The minimum Gasteiger partial charge on any atom is -0.350 e. The smallest absolute Gasteiger partial charge is 0.244 e. The molecule has 4 bridgehead atoms. The molecule has 2 aromatic rings. The SMILES string of the molecule is CN(C)S(=O)(=O)c1ccc2nnc(SCC(=O)NC34CC5CC(CC(C5)C3)C4)n2c1. The predicted octanol–water partition coefficient (Wildman–Crippen LogP) is 2.16. The van der Waals surface area contributed by atoms with Crippen molar-refractivity contribution in [2.24, 2.45) is 17.8 Å². The molecule has 4 aliphatic rings. The Kier molecular flexibility index (Phi) is 4.86. The van der Waals surface area contributed by atoms with Gasteiger partial charge in [-0.3, -0.25) is 9.20 Å². The first kappa shape index (κ1) is 20.3. The highest BCUT2D eigenvalue weighted by Gasteiger charge is 2.51. The summed E-state index contributed by atoms with van der Waals surface area (Å²) in [5.74, 6) is 2.61. The standard InChI is InChI=1S/C20H27N5O3S2/c1-24(2)30(27,28)16-3-4-17-22-23-19(25(17)11-16)29-12-18(26)21-20-8-13-5-14(9-20)7-15(6-13)10-20/h3-4,11,13-15H,5-10,12H2,1-2H3,(H,21,26). The fourth-order valence-electron chi connectivity index (χ4n) is 6.04. The van der Waals surface area contributed by atoms with Gasteiger partial charge in [0.25, 0.3) is 0 Å². The minimum atomic E-state index is -3.56. The molecule has 4 fully saturated rings. The number of nitrogens with one attached hydrogen (secondary N) is 1. The van der Waals surface area contributed by atoms with Crippen molar-refractivity contribution in [1.82, 2.24) is 24.2 Å². The summed E-state index contributed by atoms with van der Waals surface area (Å²) < 4.78 is 27.7. The lowest BCUT2D eigenvalue weighted by Crippen LogP contribution is -2.60. The van der Waals surface area contributed by atoms with Crippen LogP contribution in [0.2, 0.25) is 0 Å². The number of sulfonamides is 1. The zero-order valence-corrected chi connectivity index (χ0v) is 18.9. The van der Waals surface area contributed by atoms with Gasteiger partial charge in [0.1, 0.15) is 0 Å². The van der Waals surface area contributed by atoms with Gasteiger partial charge in [-0.1, -0.05) is 11.8 Å². The van der Waals surface area contributed by atoms with Crippen LogP contribution in [0.5, 0.6) is 0 Å². The van der Waals surface area contributed by atoms with Crippen LogP contribution in [0.1, 0.15) is 38.5 Å². The number of amides is 1. The molecule has 1 N–H and O–H groups in total. The quantitative estimate of drug-likeness (QED) is 0.679. The highest BCUT2D eigenvalue weighted by atomic mass is 32.2. The number of hydrogen-bond acceptors (Lipinski definition) is 6. The van der Waals surface area contributed by atoms with Crippen LogP contribution in [0.15, 0.2) is 28.4 Å². The maximum Gasteiger partial charge on any atom is 0.244 e. The molecule has 0 atom stereocenters. The number of carbonyl (C=O) groups is 1. The maximum absolute atomic E-state index is 12.8. The summed E-state index contributed by atoms with van der Waals surface area (Å²) in [4.78, 5) is 12.9. The number of pyridine rings is 1. The summed E-state index contributed by atoms with van der Waals surface area (Å²) in [6, 6.07) is 3.15. The van der Waals surface area contributed by atoms with E-state index in [0.717, 1.165) is 37.0 Å². The lowest BCUT2D eigenvalue weighted by Gasteiger charge is -2.56. The topological polar surface area (TPSA) is 96.7 Å². The Labute approximate surface area is 180 Å². The molecular weight excluding hydrogens is 422 g/mol. The summed E-state index contributed by atoms with van der Waals surface area (Å²) in [5, 5.41) is 12.1. The second-order valence-corrected chi connectivity index (χ2v) is 12.5. The van der Waals surface area contributed by atoms with Crippen LogP contribution in [-0.2, 0) is 14.8 Å². The largest absolute Gasteiger partial charge is 0.350 e. The number of carbonyl (C=O) groups excluding carboxylic acids is 1.